The summed E-state index contributed by atoms with van der Waals surface area (Å²) < 4.78 is 0. The van der Waals surface area contributed by atoms with Gasteiger partial charge in [0.05, 0.1) is 0 Å². The Kier molecular flexibility index (Phi) is 5.81. The van der Waals surface area contributed by atoms with Gasteiger partial charge in [-0.25, -0.2) is 9.78 Å². The number of aryl methyl sites for hydroxylation is 1. The molecule has 1 heterocycles. The zero-order valence-electron chi connectivity index (χ0n) is 13.4. The van der Waals surface area contributed by atoms with Gasteiger partial charge in [0, 0.05) is 26.2 Å². The van der Waals surface area contributed by atoms with E-state index in [0.29, 0.717) is 5.16 Å². The van der Waals surface area contributed by atoms with E-state index in [9.17, 15) is 9.90 Å². The predicted molar refractivity (Wildman–Crippen MR) is 92.6 cm³/mol. The van der Waals surface area contributed by atoms with Gasteiger partial charge >= 0.3 is 5.97 Å². The van der Waals surface area contributed by atoms with Gasteiger partial charge in [0.15, 0.2) is 0 Å². The van der Waals surface area contributed by atoms with Crippen LogP contribution >= 0.6 is 11.8 Å². The number of aromatic amines is 1. The minimum Gasteiger partial charge on any atom is -0.477 e. The summed E-state index contributed by atoms with van der Waals surface area (Å²) in [6, 6.07) is 7.67. The van der Waals surface area contributed by atoms with Crippen LogP contribution in [0.4, 0.5) is 5.69 Å². The fourth-order valence-electron chi connectivity index (χ4n) is 1.93. The van der Waals surface area contributed by atoms with Gasteiger partial charge in [-0.15, -0.1) is 5.10 Å². The number of thioether (sulfide) groups is 1. The van der Waals surface area contributed by atoms with E-state index in [-0.39, 0.29) is 4.91 Å². The van der Waals surface area contributed by atoms with Crippen LogP contribution in [0.1, 0.15) is 24.7 Å². The minimum atomic E-state index is -0.992. The smallest absolute Gasteiger partial charge is 0.342 e. The van der Waals surface area contributed by atoms with Crippen LogP contribution in [0, 0.1) is 0 Å². The number of carboxylic acid groups (broad SMARTS) is 1. The van der Waals surface area contributed by atoms with Crippen LogP contribution in [0.3, 0.4) is 0 Å². The highest BCUT2D eigenvalue weighted by Gasteiger charge is 2.13. The van der Waals surface area contributed by atoms with Gasteiger partial charge in [-0.1, -0.05) is 19.1 Å². The molecule has 0 aliphatic carbocycles. The Bertz CT molecular complexity index is 692. The summed E-state index contributed by atoms with van der Waals surface area (Å²) in [4.78, 5) is 17.9. The molecule has 2 rings (SSSR count). The monoisotopic (exact) mass is 332 g/mol. The lowest BCUT2D eigenvalue weighted by molar-refractivity contribution is -0.131. The highest BCUT2D eigenvalue weighted by Crippen LogP contribution is 2.26. The molecule has 0 spiro atoms. The van der Waals surface area contributed by atoms with Crippen molar-refractivity contribution in [3.05, 3.63) is 40.6 Å². The summed E-state index contributed by atoms with van der Waals surface area (Å²) in [5.74, 6) is -0.219. The third-order valence-corrected chi connectivity index (χ3v) is 3.99. The van der Waals surface area contributed by atoms with Gasteiger partial charge in [0.1, 0.15) is 10.7 Å². The van der Waals surface area contributed by atoms with Crippen molar-refractivity contribution in [2.45, 2.75) is 24.9 Å². The van der Waals surface area contributed by atoms with Crippen LogP contribution in [0.5, 0.6) is 0 Å². The number of hydrogen-bond donors (Lipinski definition) is 2. The molecule has 0 radical (unpaired) electrons. The maximum Gasteiger partial charge on any atom is 0.342 e. The zero-order valence-corrected chi connectivity index (χ0v) is 14.2. The molecule has 0 unspecified atom stereocenters. The second kappa shape index (κ2) is 7.82. The molecule has 122 valence electrons. The molecule has 6 nitrogen and oxygen atoms in total. The van der Waals surface area contributed by atoms with E-state index < -0.39 is 5.97 Å². The Balaban J connectivity index is 2.18. The summed E-state index contributed by atoms with van der Waals surface area (Å²) >= 11 is 1.05. The summed E-state index contributed by atoms with van der Waals surface area (Å²) in [5, 5.41) is 16.7. The maximum atomic E-state index is 11.5. The molecule has 0 saturated heterocycles. The molecule has 0 fully saturated rings. The Labute approximate surface area is 139 Å². The zero-order chi connectivity index (χ0) is 16.8. The average molecular weight is 332 g/mol. The number of carboxylic acids is 1. The number of anilines is 1. The summed E-state index contributed by atoms with van der Waals surface area (Å²) in [7, 11) is 3.92. The maximum absolute atomic E-state index is 11.5. The average Bonchev–Trinajstić information content (AvgIpc) is 2.95. The van der Waals surface area contributed by atoms with E-state index >= 15 is 0 Å². The highest BCUT2D eigenvalue weighted by atomic mass is 32.2. The van der Waals surface area contributed by atoms with Crippen LogP contribution in [-0.4, -0.2) is 40.4 Å². The number of benzene rings is 1. The predicted octanol–water partition coefficient (Wildman–Crippen LogP) is 3.04. The van der Waals surface area contributed by atoms with Crippen molar-refractivity contribution in [2.75, 3.05) is 19.0 Å². The Morgan fingerprint density at radius 1 is 1.35 bits per heavy atom. The molecule has 0 atom stereocenters. The fraction of sp³-hybridized carbons (Fsp3) is 0.312. The van der Waals surface area contributed by atoms with Crippen LogP contribution in [0.25, 0.3) is 6.08 Å². The fourth-order valence-corrected chi connectivity index (χ4v) is 2.65. The minimum absolute atomic E-state index is 0.185. The molecule has 0 aliphatic rings. The van der Waals surface area contributed by atoms with Crippen molar-refractivity contribution < 1.29 is 9.90 Å². The summed E-state index contributed by atoms with van der Waals surface area (Å²) in [5.41, 5.74) is 1.88. The van der Waals surface area contributed by atoms with Crippen molar-refractivity contribution in [1.29, 1.82) is 0 Å². The van der Waals surface area contributed by atoms with Crippen LogP contribution in [0.2, 0.25) is 0 Å². The number of rotatable bonds is 7. The Hall–Kier alpha value is -2.28. The second-order valence-corrected chi connectivity index (χ2v) is 6.23. The number of nitrogens with one attached hydrogen (secondary N) is 1. The summed E-state index contributed by atoms with van der Waals surface area (Å²) in [6.07, 6.45) is 3.38. The van der Waals surface area contributed by atoms with E-state index in [0.717, 1.165) is 41.7 Å². The SMILES string of the molecule is CCCc1nc(S/C(=C\c2ccc(N(C)C)cc2)C(=O)O)n[nH]1. The number of aliphatic carboxylic acids is 1. The lowest BCUT2D eigenvalue weighted by atomic mass is 10.2. The third kappa shape index (κ3) is 4.85. The first-order valence-corrected chi connectivity index (χ1v) is 8.12. The molecule has 0 bridgehead atoms. The van der Waals surface area contributed by atoms with E-state index in [1.54, 1.807) is 6.08 Å². The molecule has 0 amide bonds. The molecule has 1 aromatic carbocycles. The third-order valence-electron chi connectivity index (χ3n) is 3.12. The first-order chi connectivity index (χ1) is 11.0. The number of hydrogen-bond acceptors (Lipinski definition) is 5. The molecule has 7 heteroatoms. The van der Waals surface area contributed by atoms with E-state index in [1.807, 2.05) is 43.3 Å². The first-order valence-electron chi connectivity index (χ1n) is 7.31. The lowest BCUT2D eigenvalue weighted by Crippen LogP contribution is -2.07. The molecule has 2 aromatic rings. The Morgan fingerprint density at radius 2 is 2.04 bits per heavy atom. The standard InChI is InChI=1S/C16H20N4O2S/c1-4-5-14-17-16(19-18-14)23-13(15(21)22)10-11-6-8-12(9-7-11)20(2)3/h6-10H,4-5H2,1-3H3,(H,21,22)(H,17,18,19)/b13-10-. The van der Waals surface area contributed by atoms with Crippen molar-refractivity contribution in [2.24, 2.45) is 0 Å². The molecular formula is C16H20N4O2S. The number of carbonyl (C=O) groups is 1. The first kappa shape index (κ1) is 17.1. The molecular weight excluding hydrogens is 312 g/mol. The van der Waals surface area contributed by atoms with Gasteiger partial charge < -0.3 is 10.0 Å². The van der Waals surface area contributed by atoms with Crippen molar-refractivity contribution in [3.8, 4) is 0 Å². The summed E-state index contributed by atoms with van der Waals surface area (Å²) in [6.45, 7) is 2.05. The molecule has 1 aromatic heterocycles. The van der Waals surface area contributed by atoms with Gasteiger partial charge in [0.2, 0.25) is 5.16 Å². The lowest BCUT2D eigenvalue weighted by Gasteiger charge is -2.11. The largest absolute Gasteiger partial charge is 0.477 e. The number of aromatic nitrogens is 3. The quantitative estimate of drug-likeness (QED) is 0.599. The van der Waals surface area contributed by atoms with E-state index in [1.165, 1.54) is 0 Å². The number of H-pyrrole nitrogens is 1. The van der Waals surface area contributed by atoms with Crippen molar-refractivity contribution in [1.82, 2.24) is 15.2 Å². The second-order valence-electron chi connectivity index (χ2n) is 5.22. The molecule has 0 saturated carbocycles. The van der Waals surface area contributed by atoms with Gasteiger partial charge in [-0.2, -0.15) is 0 Å². The van der Waals surface area contributed by atoms with Gasteiger partial charge in [0.25, 0.3) is 0 Å². The van der Waals surface area contributed by atoms with Crippen molar-refractivity contribution >= 4 is 29.5 Å². The highest BCUT2D eigenvalue weighted by molar-refractivity contribution is 8.04. The van der Waals surface area contributed by atoms with E-state index in [4.69, 9.17) is 0 Å². The van der Waals surface area contributed by atoms with Gasteiger partial charge in [-0.05, 0) is 42.0 Å². The Morgan fingerprint density at radius 3 is 2.61 bits per heavy atom. The normalized spacial score (nSPS) is 11.5. The molecule has 0 aliphatic heterocycles. The number of nitrogens with zero attached hydrogens (tertiary/aromatic N) is 3. The van der Waals surface area contributed by atoms with Crippen LogP contribution in [0.15, 0.2) is 34.3 Å². The van der Waals surface area contributed by atoms with E-state index in [2.05, 4.69) is 22.1 Å². The molecule has 23 heavy (non-hydrogen) atoms. The van der Waals surface area contributed by atoms with Crippen LogP contribution in [-0.2, 0) is 11.2 Å². The van der Waals surface area contributed by atoms with Crippen molar-refractivity contribution in [3.63, 3.8) is 0 Å². The topological polar surface area (TPSA) is 82.1 Å². The molecule has 2 N–H and O–H groups in total. The van der Waals surface area contributed by atoms with Crippen LogP contribution < -0.4 is 4.90 Å². The van der Waals surface area contributed by atoms with Gasteiger partial charge in [-0.3, -0.25) is 5.10 Å².